The second-order valence-electron chi connectivity index (χ2n) is 4.34. The summed E-state index contributed by atoms with van der Waals surface area (Å²) in [4.78, 5) is 6.32. The number of hydrogen-bond donors (Lipinski definition) is 1. The summed E-state index contributed by atoms with van der Waals surface area (Å²) in [7, 11) is 3.83. The molecule has 4 heteroatoms. The lowest BCUT2D eigenvalue weighted by molar-refractivity contribution is 0.608. The molecule has 1 aromatic rings. The largest absolute Gasteiger partial charge is 0.370 e. The fourth-order valence-electron chi connectivity index (χ4n) is 1.68. The molecule has 0 unspecified atom stereocenters. The van der Waals surface area contributed by atoms with Gasteiger partial charge in [0.2, 0.25) is 0 Å². The van der Waals surface area contributed by atoms with E-state index in [1.165, 1.54) is 5.56 Å². The molecular weight excluding hydrogens is 266 g/mol. The molecule has 1 aliphatic carbocycles. The van der Waals surface area contributed by atoms with Crippen LogP contribution < -0.4 is 5.73 Å². The van der Waals surface area contributed by atoms with E-state index in [2.05, 4.69) is 45.2 Å². The van der Waals surface area contributed by atoms with Gasteiger partial charge in [0, 0.05) is 24.5 Å². The van der Waals surface area contributed by atoms with Crippen LogP contribution in [-0.2, 0) is 0 Å². The summed E-state index contributed by atoms with van der Waals surface area (Å²) in [5.74, 6) is 1.16. The Morgan fingerprint density at radius 2 is 2.00 bits per heavy atom. The Morgan fingerprint density at radius 1 is 1.38 bits per heavy atom. The molecule has 0 aromatic heterocycles. The topological polar surface area (TPSA) is 41.6 Å². The van der Waals surface area contributed by atoms with Gasteiger partial charge in [-0.3, -0.25) is 0 Å². The van der Waals surface area contributed by atoms with Crippen molar-refractivity contribution in [2.45, 2.75) is 18.4 Å². The van der Waals surface area contributed by atoms with Crippen molar-refractivity contribution >= 4 is 21.9 Å². The third-order valence-electron chi connectivity index (χ3n) is 2.81. The maximum absolute atomic E-state index is 5.79. The zero-order chi connectivity index (χ0) is 11.7. The summed E-state index contributed by atoms with van der Waals surface area (Å²) in [5, 5.41) is 0. The van der Waals surface area contributed by atoms with Crippen LogP contribution in [0.3, 0.4) is 0 Å². The van der Waals surface area contributed by atoms with Gasteiger partial charge in [-0.1, -0.05) is 28.1 Å². The number of rotatable bonds is 2. The summed E-state index contributed by atoms with van der Waals surface area (Å²) in [6.45, 7) is 0. The maximum atomic E-state index is 5.79. The lowest BCUT2D eigenvalue weighted by Crippen LogP contribution is -2.30. The number of benzene rings is 1. The Labute approximate surface area is 104 Å². The predicted octanol–water partition coefficient (Wildman–Crippen LogP) is 2.18. The molecule has 0 aliphatic heterocycles. The van der Waals surface area contributed by atoms with E-state index < -0.39 is 0 Å². The lowest BCUT2D eigenvalue weighted by atomic mass is 10.1. The van der Waals surface area contributed by atoms with Crippen LogP contribution in [0.15, 0.2) is 33.7 Å². The molecule has 0 bridgehead atoms. The van der Waals surface area contributed by atoms with Gasteiger partial charge in [-0.2, -0.15) is 0 Å². The minimum Gasteiger partial charge on any atom is -0.370 e. The normalized spacial score (nSPS) is 24.3. The molecule has 86 valence electrons. The van der Waals surface area contributed by atoms with Crippen molar-refractivity contribution in [2.75, 3.05) is 14.1 Å². The summed E-state index contributed by atoms with van der Waals surface area (Å²) < 4.78 is 1.12. The Bertz CT molecular complexity index is 397. The van der Waals surface area contributed by atoms with Gasteiger partial charge in [0.15, 0.2) is 5.96 Å². The van der Waals surface area contributed by atoms with E-state index in [1.54, 1.807) is 0 Å². The highest BCUT2D eigenvalue weighted by molar-refractivity contribution is 9.10. The molecule has 3 nitrogen and oxygen atoms in total. The quantitative estimate of drug-likeness (QED) is 0.667. The first-order chi connectivity index (χ1) is 7.58. The highest BCUT2D eigenvalue weighted by Gasteiger charge is 2.38. The summed E-state index contributed by atoms with van der Waals surface area (Å²) in [6.07, 6.45) is 1.11. The molecule has 0 saturated heterocycles. The molecule has 16 heavy (non-hydrogen) atoms. The Morgan fingerprint density at radius 3 is 2.56 bits per heavy atom. The second-order valence-corrected chi connectivity index (χ2v) is 5.26. The second kappa shape index (κ2) is 4.45. The fraction of sp³-hybridized carbons (Fsp3) is 0.417. The zero-order valence-corrected chi connectivity index (χ0v) is 11.1. The molecule has 0 amide bonds. The monoisotopic (exact) mass is 281 g/mol. The van der Waals surface area contributed by atoms with Crippen LogP contribution in [0.2, 0.25) is 0 Å². The molecule has 2 atom stereocenters. The van der Waals surface area contributed by atoms with E-state index in [-0.39, 0.29) is 0 Å². The van der Waals surface area contributed by atoms with Crippen LogP contribution in [0.25, 0.3) is 0 Å². The van der Waals surface area contributed by atoms with E-state index in [0.29, 0.717) is 17.9 Å². The number of aliphatic imine (C=N–C) groups is 1. The number of guanidine groups is 1. The third kappa shape index (κ3) is 2.55. The Kier molecular flexibility index (Phi) is 3.19. The van der Waals surface area contributed by atoms with Gasteiger partial charge in [-0.15, -0.1) is 0 Å². The van der Waals surface area contributed by atoms with Gasteiger partial charge in [0.05, 0.1) is 6.04 Å². The third-order valence-corrected chi connectivity index (χ3v) is 3.34. The highest BCUT2D eigenvalue weighted by Crippen LogP contribution is 2.43. The molecule has 2 rings (SSSR count). The summed E-state index contributed by atoms with van der Waals surface area (Å²) in [6, 6.07) is 8.81. The first-order valence-corrected chi connectivity index (χ1v) is 6.13. The lowest BCUT2D eigenvalue weighted by Gasteiger charge is -2.10. The molecular formula is C12H16BrN3. The van der Waals surface area contributed by atoms with E-state index in [0.717, 1.165) is 10.9 Å². The van der Waals surface area contributed by atoms with Crippen LogP contribution in [0.4, 0.5) is 0 Å². The van der Waals surface area contributed by atoms with Gasteiger partial charge in [-0.05, 0) is 24.1 Å². The molecule has 1 aromatic carbocycles. The SMILES string of the molecule is CN(C)C(N)=N[C@@H]1C[C@H]1c1ccc(Br)cc1. The van der Waals surface area contributed by atoms with Gasteiger partial charge in [0.1, 0.15) is 0 Å². The molecule has 1 aliphatic rings. The van der Waals surface area contributed by atoms with Crippen molar-refractivity contribution < 1.29 is 0 Å². The maximum Gasteiger partial charge on any atom is 0.191 e. The first kappa shape index (κ1) is 11.5. The van der Waals surface area contributed by atoms with Crippen molar-refractivity contribution in [3.05, 3.63) is 34.3 Å². The number of nitrogens with zero attached hydrogens (tertiary/aromatic N) is 2. The van der Waals surface area contributed by atoms with Crippen molar-refractivity contribution in [2.24, 2.45) is 10.7 Å². The molecule has 1 fully saturated rings. The molecule has 0 spiro atoms. The summed E-state index contributed by atoms with van der Waals surface area (Å²) >= 11 is 3.44. The van der Waals surface area contributed by atoms with Gasteiger partial charge in [0.25, 0.3) is 0 Å². The van der Waals surface area contributed by atoms with Crippen molar-refractivity contribution in [3.63, 3.8) is 0 Å². The van der Waals surface area contributed by atoms with E-state index in [1.807, 2.05) is 19.0 Å². The van der Waals surface area contributed by atoms with Gasteiger partial charge < -0.3 is 10.6 Å². The van der Waals surface area contributed by atoms with Crippen LogP contribution >= 0.6 is 15.9 Å². The van der Waals surface area contributed by atoms with E-state index in [9.17, 15) is 0 Å². The van der Waals surface area contributed by atoms with Crippen LogP contribution in [0, 0.1) is 0 Å². The number of halogens is 1. The average molecular weight is 282 g/mol. The van der Waals surface area contributed by atoms with Crippen LogP contribution in [0.5, 0.6) is 0 Å². The predicted molar refractivity (Wildman–Crippen MR) is 70.6 cm³/mol. The summed E-state index contributed by atoms with van der Waals surface area (Å²) in [5.41, 5.74) is 7.14. The first-order valence-electron chi connectivity index (χ1n) is 5.34. The van der Waals surface area contributed by atoms with Crippen LogP contribution in [0.1, 0.15) is 17.9 Å². The standard InChI is InChI=1S/C12H16BrN3/c1-16(2)12(14)15-11-7-10(11)8-3-5-9(13)6-4-8/h3-6,10-11H,7H2,1-2H3,(H2,14,15)/t10-,11+/m0/s1. The zero-order valence-electron chi connectivity index (χ0n) is 9.52. The average Bonchev–Trinajstić information content (AvgIpc) is 2.98. The number of hydrogen-bond acceptors (Lipinski definition) is 1. The Hall–Kier alpha value is -1.03. The molecule has 0 radical (unpaired) electrons. The van der Waals surface area contributed by atoms with Gasteiger partial charge >= 0.3 is 0 Å². The minimum absolute atomic E-state index is 0.364. The van der Waals surface area contributed by atoms with E-state index in [4.69, 9.17) is 5.73 Å². The van der Waals surface area contributed by atoms with E-state index >= 15 is 0 Å². The molecule has 0 heterocycles. The Balaban J connectivity index is 2.02. The van der Waals surface area contributed by atoms with Gasteiger partial charge in [-0.25, -0.2) is 4.99 Å². The fourth-order valence-corrected chi connectivity index (χ4v) is 1.94. The highest BCUT2D eigenvalue weighted by atomic mass is 79.9. The smallest absolute Gasteiger partial charge is 0.191 e. The minimum atomic E-state index is 0.364. The van der Waals surface area contributed by atoms with Crippen molar-refractivity contribution in [1.29, 1.82) is 0 Å². The molecule has 2 N–H and O–H groups in total. The van der Waals surface area contributed by atoms with Crippen molar-refractivity contribution in [3.8, 4) is 0 Å². The van der Waals surface area contributed by atoms with Crippen LogP contribution in [-0.4, -0.2) is 31.0 Å². The number of nitrogens with two attached hydrogens (primary N) is 1. The van der Waals surface area contributed by atoms with Crippen molar-refractivity contribution in [1.82, 2.24) is 4.90 Å². The molecule has 1 saturated carbocycles.